The second-order valence-corrected chi connectivity index (χ2v) is 6.49. The van der Waals surface area contributed by atoms with Crippen LogP contribution in [-0.4, -0.2) is 23.3 Å². The first-order valence-electron chi connectivity index (χ1n) is 7.04. The van der Waals surface area contributed by atoms with Gasteiger partial charge in [-0.1, -0.05) is 18.2 Å². The average Bonchev–Trinajstić information content (AvgIpc) is 2.32. The van der Waals surface area contributed by atoms with Crippen LogP contribution in [0.4, 0.5) is 0 Å². The Hall–Kier alpha value is -2.30. The van der Waals surface area contributed by atoms with E-state index in [1.807, 2.05) is 26.8 Å². The quantitative estimate of drug-likeness (QED) is 0.477. The molecule has 0 saturated carbocycles. The summed E-state index contributed by atoms with van der Waals surface area (Å²) in [7, 11) is 0. The van der Waals surface area contributed by atoms with Gasteiger partial charge in [-0.3, -0.25) is 0 Å². The van der Waals surface area contributed by atoms with Gasteiger partial charge in [0.15, 0.2) is 0 Å². The number of hydrogen-bond donors (Lipinski definition) is 0. The van der Waals surface area contributed by atoms with Crippen molar-refractivity contribution in [3.63, 3.8) is 0 Å². The first-order chi connectivity index (χ1) is 10.1. The summed E-state index contributed by atoms with van der Waals surface area (Å²) in [4.78, 5) is 24.0. The zero-order valence-electron chi connectivity index (χ0n) is 13.4. The molecule has 2 rings (SSSR count). The minimum Gasteiger partial charge on any atom is -0.488 e. The predicted octanol–water partition coefficient (Wildman–Crippen LogP) is 3.08. The highest BCUT2D eigenvalue weighted by Gasteiger charge is 2.39. The van der Waals surface area contributed by atoms with Crippen LogP contribution in [0.2, 0.25) is 0 Å². The first-order valence-corrected chi connectivity index (χ1v) is 7.04. The maximum Gasteiger partial charge on any atom is 0.348 e. The molecule has 0 spiro atoms. The molecule has 1 aliphatic heterocycles. The van der Waals surface area contributed by atoms with Crippen LogP contribution in [0.15, 0.2) is 29.8 Å². The van der Waals surface area contributed by atoms with E-state index in [-0.39, 0.29) is 5.57 Å². The Kier molecular flexibility index (Phi) is 4.00. The van der Waals surface area contributed by atoms with Crippen LogP contribution in [0.1, 0.15) is 40.2 Å². The maximum atomic E-state index is 12.0. The Labute approximate surface area is 129 Å². The number of esters is 2. The minimum absolute atomic E-state index is 0.149. The smallest absolute Gasteiger partial charge is 0.348 e. The molecule has 118 valence electrons. The third kappa shape index (κ3) is 3.87. The van der Waals surface area contributed by atoms with E-state index in [2.05, 4.69) is 0 Å². The zero-order valence-corrected chi connectivity index (χ0v) is 13.4. The molecule has 0 amide bonds. The Morgan fingerprint density at radius 3 is 2.14 bits per heavy atom. The van der Waals surface area contributed by atoms with Crippen LogP contribution >= 0.6 is 0 Å². The van der Waals surface area contributed by atoms with Gasteiger partial charge in [-0.2, -0.15) is 0 Å². The van der Waals surface area contributed by atoms with E-state index in [9.17, 15) is 9.59 Å². The highest BCUT2D eigenvalue weighted by atomic mass is 16.7. The number of hydrogen-bond acceptors (Lipinski definition) is 5. The summed E-state index contributed by atoms with van der Waals surface area (Å²) in [5.41, 5.74) is 0.0646. The van der Waals surface area contributed by atoms with Gasteiger partial charge in [-0.25, -0.2) is 9.59 Å². The van der Waals surface area contributed by atoms with Gasteiger partial charge in [0.25, 0.3) is 5.79 Å². The molecular formula is C17H20O5. The second-order valence-electron chi connectivity index (χ2n) is 6.49. The van der Waals surface area contributed by atoms with Gasteiger partial charge >= 0.3 is 11.9 Å². The average molecular weight is 304 g/mol. The van der Waals surface area contributed by atoms with Gasteiger partial charge in [0, 0.05) is 19.4 Å². The van der Waals surface area contributed by atoms with Gasteiger partial charge in [0.05, 0.1) is 0 Å². The molecule has 1 fully saturated rings. The highest BCUT2D eigenvalue weighted by Crippen LogP contribution is 2.28. The molecule has 1 aromatic rings. The number of carbonyl (C=O) groups excluding carboxylic acids is 2. The van der Waals surface area contributed by atoms with Crippen molar-refractivity contribution in [2.75, 3.05) is 0 Å². The van der Waals surface area contributed by atoms with Crippen molar-refractivity contribution in [3.8, 4) is 5.75 Å². The van der Waals surface area contributed by atoms with Crippen LogP contribution in [0.3, 0.4) is 0 Å². The third-order valence-corrected chi connectivity index (χ3v) is 2.75. The van der Waals surface area contributed by atoms with Crippen molar-refractivity contribution in [1.29, 1.82) is 0 Å². The van der Waals surface area contributed by atoms with Gasteiger partial charge in [0.2, 0.25) is 0 Å². The normalized spacial score (nSPS) is 17.6. The lowest BCUT2D eigenvalue weighted by Crippen LogP contribution is -2.41. The largest absolute Gasteiger partial charge is 0.488 e. The van der Waals surface area contributed by atoms with Gasteiger partial charge in [-0.15, -0.1) is 0 Å². The summed E-state index contributed by atoms with van der Waals surface area (Å²) in [6.07, 6.45) is 1.43. The lowest BCUT2D eigenvalue weighted by atomic mass is 10.1. The van der Waals surface area contributed by atoms with Crippen LogP contribution in [0.25, 0.3) is 6.08 Å². The standard InChI is InChI=1S/C17H20O5/c1-16(2,3)20-13-9-7-6-8-11(13)10-12-14(18)21-17(4,5)22-15(12)19/h6-10H,1-5H3. The van der Waals surface area contributed by atoms with Crippen LogP contribution < -0.4 is 4.74 Å². The number of cyclic esters (lactones) is 2. The molecular weight excluding hydrogens is 284 g/mol. The molecule has 5 nitrogen and oxygen atoms in total. The van der Waals surface area contributed by atoms with Crippen molar-refractivity contribution in [1.82, 2.24) is 0 Å². The summed E-state index contributed by atoms with van der Waals surface area (Å²) in [5.74, 6) is -2.07. The number of carbonyl (C=O) groups is 2. The summed E-state index contributed by atoms with van der Waals surface area (Å²) in [5, 5.41) is 0. The van der Waals surface area contributed by atoms with Crippen LogP contribution in [0, 0.1) is 0 Å². The number of para-hydroxylation sites is 1. The fourth-order valence-corrected chi connectivity index (χ4v) is 1.96. The SMILES string of the molecule is CC(C)(C)Oc1ccccc1C=C1C(=O)OC(C)(C)OC1=O. The van der Waals surface area contributed by atoms with Crippen molar-refractivity contribution >= 4 is 18.0 Å². The molecule has 0 aliphatic carbocycles. The van der Waals surface area contributed by atoms with Crippen LogP contribution in [0.5, 0.6) is 5.75 Å². The van der Waals surface area contributed by atoms with Crippen molar-refractivity contribution < 1.29 is 23.8 Å². The monoisotopic (exact) mass is 304 g/mol. The van der Waals surface area contributed by atoms with E-state index in [1.54, 1.807) is 18.2 Å². The molecule has 0 aromatic heterocycles. The molecule has 0 unspecified atom stereocenters. The summed E-state index contributed by atoms with van der Waals surface area (Å²) in [6, 6.07) is 7.16. The van der Waals surface area contributed by atoms with Crippen molar-refractivity contribution in [3.05, 3.63) is 35.4 Å². The lowest BCUT2D eigenvalue weighted by Gasteiger charge is -2.30. The maximum absolute atomic E-state index is 12.0. The highest BCUT2D eigenvalue weighted by molar-refractivity contribution is 6.19. The Bertz CT molecular complexity index is 613. The summed E-state index contributed by atoms with van der Waals surface area (Å²) in [6.45, 7) is 8.78. The fraction of sp³-hybridized carbons (Fsp3) is 0.412. The molecule has 0 bridgehead atoms. The van der Waals surface area contributed by atoms with Crippen LogP contribution in [-0.2, 0) is 19.1 Å². The third-order valence-electron chi connectivity index (χ3n) is 2.75. The number of rotatable bonds is 2. The number of benzene rings is 1. The van der Waals surface area contributed by atoms with Gasteiger partial charge < -0.3 is 14.2 Å². The molecule has 0 atom stereocenters. The molecule has 0 N–H and O–H groups in total. The predicted molar refractivity (Wildman–Crippen MR) is 81.1 cm³/mol. The zero-order chi connectivity index (χ0) is 16.5. The second kappa shape index (κ2) is 5.48. The van der Waals surface area contributed by atoms with E-state index < -0.39 is 23.3 Å². The van der Waals surface area contributed by atoms with Gasteiger partial charge in [0.1, 0.15) is 16.9 Å². The molecule has 22 heavy (non-hydrogen) atoms. The van der Waals surface area contributed by atoms with E-state index in [0.29, 0.717) is 11.3 Å². The topological polar surface area (TPSA) is 61.8 Å². The van der Waals surface area contributed by atoms with E-state index in [0.717, 1.165) is 0 Å². The Morgan fingerprint density at radius 2 is 1.59 bits per heavy atom. The molecule has 1 aromatic carbocycles. The molecule has 5 heteroatoms. The Balaban J connectivity index is 2.37. The number of ether oxygens (including phenoxy) is 3. The lowest BCUT2D eigenvalue weighted by molar-refractivity contribution is -0.222. The minimum atomic E-state index is -1.24. The summed E-state index contributed by atoms with van der Waals surface area (Å²) < 4.78 is 16.0. The summed E-state index contributed by atoms with van der Waals surface area (Å²) >= 11 is 0. The molecule has 1 heterocycles. The first kappa shape index (κ1) is 16.1. The van der Waals surface area contributed by atoms with Crippen molar-refractivity contribution in [2.45, 2.75) is 46.0 Å². The van der Waals surface area contributed by atoms with Gasteiger partial charge in [-0.05, 0) is 32.9 Å². The molecule has 1 aliphatic rings. The molecule has 1 saturated heterocycles. The van der Waals surface area contributed by atoms with E-state index in [1.165, 1.54) is 19.9 Å². The Morgan fingerprint density at radius 1 is 1.05 bits per heavy atom. The van der Waals surface area contributed by atoms with Crippen molar-refractivity contribution in [2.24, 2.45) is 0 Å². The van der Waals surface area contributed by atoms with E-state index in [4.69, 9.17) is 14.2 Å². The fourth-order valence-electron chi connectivity index (χ4n) is 1.96. The molecule has 0 radical (unpaired) electrons. The van der Waals surface area contributed by atoms with E-state index >= 15 is 0 Å².